The van der Waals surface area contributed by atoms with E-state index >= 15 is 0 Å². The Bertz CT molecular complexity index is 473. The van der Waals surface area contributed by atoms with Gasteiger partial charge in [0.05, 0.1) is 6.04 Å². The molecule has 0 amide bonds. The van der Waals surface area contributed by atoms with Gasteiger partial charge in [0.2, 0.25) is 0 Å². The Morgan fingerprint density at radius 1 is 1.32 bits per heavy atom. The molecule has 0 aliphatic rings. The van der Waals surface area contributed by atoms with Crippen LogP contribution in [-0.2, 0) is 0 Å². The van der Waals surface area contributed by atoms with Gasteiger partial charge in [-0.3, -0.25) is 0 Å². The molecule has 0 bridgehead atoms. The van der Waals surface area contributed by atoms with Crippen LogP contribution < -0.4 is 5.32 Å². The number of rotatable bonds is 7. The van der Waals surface area contributed by atoms with Crippen molar-refractivity contribution in [2.75, 3.05) is 13.2 Å². The van der Waals surface area contributed by atoms with Crippen LogP contribution in [0.15, 0.2) is 34.7 Å². The van der Waals surface area contributed by atoms with Crippen molar-refractivity contribution in [3.63, 3.8) is 0 Å². The van der Waals surface area contributed by atoms with Crippen molar-refractivity contribution >= 4 is 11.0 Å². The van der Waals surface area contributed by atoms with Crippen LogP contribution in [-0.4, -0.2) is 18.3 Å². The molecule has 0 radical (unpaired) electrons. The van der Waals surface area contributed by atoms with Crippen LogP contribution in [0, 0.1) is 5.92 Å². The van der Waals surface area contributed by atoms with Gasteiger partial charge in [-0.2, -0.15) is 0 Å². The molecule has 2 N–H and O–H groups in total. The van der Waals surface area contributed by atoms with E-state index < -0.39 is 0 Å². The first-order chi connectivity index (χ1) is 9.24. The molecule has 3 heteroatoms. The fourth-order valence-corrected chi connectivity index (χ4v) is 2.29. The molecule has 19 heavy (non-hydrogen) atoms. The number of furan rings is 1. The fourth-order valence-electron chi connectivity index (χ4n) is 2.29. The van der Waals surface area contributed by atoms with E-state index in [2.05, 4.69) is 31.3 Å². The van der Waals surface area contributed by atoms with Gasteiger partial charge >= 0.3 is 0 Å². The first-order valence-corrected chi connectivity index (χ1v) is 7.07. The minimum absolute atomic E-state index is 0.195. The highest BCUT2D eigenvalue weighted by Gasteiger charge is 2.13. The van der Waals surface area contributed by atoms with Gasteiger partial charge < -0.3 is 14.8 Å². The smallest absolute Gasteiger partial charge is 0.134 e. The molecule has 2 unspecified atom stereocenters. The summed E-state index contributed by atoms with van der Waals surface area (Å²) in [4.78, 5) is 0. The molecule has 0 spiro atoms. The number of hydrogen-bond donors (Lipinski definition) is 2. The second kappa shape index (κ2) is 6.73. The predicted octanol–water partition coefficient (Wildman–Crippen LogP) is 3.49. The van der Waals surface area contributed by atoms with Crippen LogP contribution in [0.4, 0.5) is 0 Å². The maximum Gasteiger partial charge on any atom is 0.134 e. The van der Waals surface area contributed by atoms with Crippen LogP contribution in [0.5, 0.6) is 0 Å². The van der Waals surface area contributed by atoms with Gasteiger partial charge in [0.1, 0.15) is 11.3 Å². The van der Waals surface area contributed by atoms with E-state index in [0.717, 1.165) is 36.1 Å². The normalized spacial score (nSPS) is 14.7. The van der Waals surface area contributed by atoms with Crippen molar-refractivity contribution in [2.24, 2.45) is 5.92 Å². The van der Waals surface area contributed by atoms with Gasteiger partial charge in [-0.25, -0.2) is 0 Å². The molecular formula is C16H23NO2. The summed E-state index contributed by atoms with van der Waals surface area (Å²) in [6.07, 6.45) is 1.94. The third-order valence-electron chi connectivity index (χ3n) is 3.70. The van der Waals surface area contributed by atoms with Crippen molar-refractivity contribution in [1.29, 1.82) is 0 Å². The summed E-state index contributed by atoms with van der Waals surface area (Å²) in [5.41, 5.74) is 0.938. The lowest BCUT2D eigenvalue weighted by molar-refractivity contribution is 0.248. The summed E-state index contributed by atoms with van der Waals surface area (Å²) in [5.74, 6) is 1.50. The Morgan fingerprint density at radius 3 is 2.79 bits per heavy atom. The molecule has 0 saturated heterocycles. The molecule has 2 atom stereocenters. The van der Waals surface area contributed by atoms with Gasteiger partial charge in [0, 0.05) is 12.0 Å². The summed E-state index contributed by atoms with van der Waals surface area (Å²) in [5, 5.41) is 13.6. The molecule has 0 saturated carbocycles. The molecule has 1 heterocycles. The van der Waals surface area contributed by atoms with Crippen LogP contribution in [0.1, 0.15) is 38.5 Å². The van der Waals surface area contributed by atoms with Crippen LogP contribution in [0.3, 0.4) is 0 Å². The topological polar surface area (TPSA) is 45.4 Å². The highest BCUT2D eigenvalue weighted by Crippen LogP contribution is 2.23. The molecule has 3 nitrogen and oxygen atoms in total. The number of hydrogen-bond acceptors (Lipinski definition) is 3. The van der Waals surface area contributed by atoms with Crippen LogP contribution in [0.25, 0.3) is 11.0 Å². The lowest BCUT2D eigenvalue weighted by Crippen LogP contribution is -2.25. The standard InChI is InChI=1S/C16H23NO2/c1-3-13(8-9-18)11-17-12(2)16-10-14-6-4-5-7-15(14)19-16/h4-7,10,12-13,17-18H,3,8-9,11H2,1-2H3. The molecule has 0 aliphatic carbocycles. The largest absolute Gasteiger partial charge is 0.459 e. The van der Waals surface area contributed by atoms with E-state index in [0.29, 0.717) is 5.92 Å². The van der Waals surface area contributed by atoms with Gasteiger partial charge in [0.15, 0.2) is 0 Å². The summed E-state index contributed by atoms with van der Waals surface area (Å²) < 4.78 is 5.84. The molecule has 0 fully saturated rings. The maximum atomic E-state index is 9.00. The minimum atomic E-state index is 0.195. The van der Waals surface area contributed by atoms with Crippen molar-refractivity contribution in [2.45, 2.75) is 32.7 Å². The monoisotopic (exact) mass is 261 g/mol. The SMILES string of the molecule is CCC(CCO)CNC(C)c1cc2ccccc2o1. The zero-order valence-corrected chi connectivity index (χ0v) is 11.7. The Labute approximate surface area is 114 Å². The quantitative estimate of drug-likeness (QED) is 0.802. The van der Waals surface area contributed by atoms with Crippen molar-refractivity contribution in [1.82, 2.24) is 5.32 Å². The van der Waals surface area contributed by atoms with E-state index in [1.54, 1.807) is 0 Å². The highest BCUT2D eigenvalue weighted by molar-refractivity contribution is 5.77. The number of benzene rings is 1. The molecule has 0 aliphatic heterocycles. The Hall–Kier alpha value is -1.32. The Kier molecular flexibility index (Phi) is 5.00. The second-order valence-electron chi connectivity index (χ2n) is 5.10. The van der Waals surface area contributed by atoms with Crippen molar-refractivity contribution in [3.8, 4) is 0 Å². The lowest BCUT2D eigenvalue weighted by atomic mass is 10.0. The van der Waals surface area contributed by atoms with E-state index in [4.69, 9.17) is 9.52 Å². The van der Waals surface area contributed by atoms with Crippen LogP contribution in [0.2, 0.25) is 0 Å². The highest BCUT2D eigenvalue weighted by atomic mass is 16.3. The summed E-state index contributed by atoms with van der Waals surface area (Å²) >= 11 is 0. The number of fused-ring (bicyclic) bond motifs is 1. The van der Waals surface area contributed by atoms with Crippen molar-refractivity contribution in [3.05, 3.63) is 36.1 Å². The fraction of sp³-hybridized carbons (Fsp3) is 0.500. The summed E-state index contributed by atoms with van der Waals surface area (Å²) in [6.45, 7) is 5.45. The first-order valence-electron chi connectivity index (χ1n) is 7.07. The maximum absolute atomic E-state index is 9.00. The zero-order valence-electron chi connectivity index (χ0n) is 11.7. The summed E-state index contributed by atoms with van der Waals surface area (Å²) in [6, 6.07) is 10.4. The predicted molar refractivity (Wildman–Crippen MR) is 78.1 cm³/mol. The molecule has 2 aromatic rings. The van der Waals surface area contributed by atoms with Crippen LogP contribution >= 0.6 is 0 Å². The summed E-state index contributed by atoms with van der Waals surface area (Å²) in [7, 11) is 0. The van der Waals surface area contributed by atoms with Gasteiger partial charge in [-0.15, -0.1) is 0 Å². The number of aliphatic hydroxyl groups excluding tert-OH is 1. The van der Waals surface area contributed by atoms with Gasteiger partial charge in [-0.1, -0.05) is 31.5 Å². The van der Waals surface area contributed by atoms with E-state index in [1.165, 1.54) is 0 Å². The zero-order chi connectivity index (χ0) is 13.7. The average molecular weight is 261 g/mol. The third kappa shape index (κ3) is 3.58. The van der Waals surface area contributed by atoms with Crippen molar-refractivity contribution < 1.29 is 9.52 Å². The Morgan fingerprint density at radius 2 is 2.11 bits per heavy atom. The van der Waals surface area contributed by atoms with E-state index in [1.807, 2.05) is 18.2 Å². The van der Waals surface area contributed by atoms with Gasteiger partial charge in [-0.05, 0) is 37.9 Å². The molecule has 1 aromatic heterocycles. The average Bonchev–Trinajstić information content (AvgIpc) is 2.87. The molecule has 104 valence electrons. The molecule has 2 rings (SSSR count). The molecular weight excluding hydrogens is 238 g/mol. The number of nitrogens with one attached hydrogen (secondary N) is 1. The van der Waals surface area contributed by atoms with Gasteiger partial charge in [0.25, 0.3) is 0 Å². The third-order valence-corrected chi connectivity index (χ3v) is 3.70. The molecule has 1 aromatic carbocycles. The number of aliphatic hydroxyl groups is 1. The Balaban J connectivity index is 1.97. The lowest BCUT2D eigenvalue weighted by Gasteiger charge is -2.17. The number of para-hydroxylation sites is 1. The van der Waals surface area contributed by atoms with E-state index in [-0.39, 0.29) is 12.6 Å². The van der Waals surface area contributed by atoms with E-state index in [9.17, 15) is 0 Å². The first kappa shape index (κ1) is 14.1. The minimum Gasteiger partial charge on any atom is -0.459 e. The second-order valence-corrected chi connectivity index (χ2v) is 5.10.